The van der Waals surface area contributed by atoms with E-state index in [-0.39, 0.29) is 0 Å². The standard InChI is InChI=1S/C21H22N8O2S/c1-2-14(1)19-24-21(31-25-19)28-9-7-15(8-10-28)20-23-16(12-32-20)11-30-18-5-3-17(4-6-18)29-13-22-26-27-29/h3-6,12-15H,1-2,7-11H2. The Kier molecular flexibility index (Phi) is 5.02. The van der Waals surface area contributed by atoms with Crippen LogP contribution in [-0.4, -0.2) is 48.4 Å². The Hall–Kier alpha value is -3.34. The molecule has 1 aliphatic carbocycles. The van der Waals surface area contributed by atoms with Gasteiger partial charge in [-0.15, -0.1) is 16.4 Å². The average Bonchev–Trinajstić information content (AvgIpc) is 3.26. The Balaban J connectivity index is 1.02. The third-order valence-corrected chi connectivity index (χ3v) is 6.95. The molecule has 4 heterocycles. The highest BCUT2D eigenvalue weighted by Gasteiger charge is 2.31. The van der Waals surface area contributed by atoms with Crippen molar-refractivity contribution in [2.75, 3.05) is 18.0 Å². The molecule has 0 N–H and O–H groups in total. The second kappa shape index (κ2) is 8.30. The Bertz CT molecular complexity index is 1160. The molecule has 2 fully saturated rings. The van der Waals surface area contributed by atoms with Gasteiger partial charge in [0.15, 0.2) is 5.82 Å². The van der Waals surface area contributed by atoms with E-state index in [0.717, 1.165) is 48.9 Å². The lowest BCUT2D eigenvalue weighted by Gasteiger charge is -2.29. The van der Waals surface area contributed by atoms with Gasteiger partial charge in [0, 0.05) is 30.3 Å². The number of anilines is 1. The Labute approximate surface area is 188 Å². The quantitative estimate of drug-likeness (QED) is 0.419. The molecular formula is C21H22N8O2S. The number of piperidine rings is 1. The molecule has 6 rings (SSSR count). The van der Waals surface area contributed by atoms with Gasteiger partial charge in [-0.1, -0.05) is 5.16 Å². The van der Waals surface area contributed by atoms with Crippen molar-refractivity contribution in [3.8, 4) is 11.4 Å². The second-order valence-corrected chi connectivity index (χ2v) is 9.07. The fourth-order valence-electron chi connectivity index (χ4n) is 3.89. The van der Waals surface area contributed by atoms with Crippen LogP contribution in [0.15, 0.2) is 40.5 Å². The van der Waals surface area contributed by atoms with Crippen LogP contribution in [0.1, 0.15) is 54.0 Å². The number of tetrazole rings is 1. The number of hydrogen-bond donors (Lipinski definition) is 0. The van der Waals surface area contributed by atoms with E-state index in [9.17, 15) is 0 Å². The number of nitrogens with zero attached hydrogens (tertiary/aromatic N) is 8. The molecule has 3 aromatic heterocycles. The van der Waals surface area contributed by atoms with Crippen LogP contribution in [0.25, 0.3) is 5.69 Å². The molecule has 0 atom stereocenters. The number of ether oxygens (including phenoxy) is 1. The molecule has 32 heavy (non-hydrogen) atoms. The molecule has 1 aliphatic heterocycles. The van der Waals surface area contributed by atoms with Crippen LogP contribution in [0.2, 0.25) is 0 Å². The van der Waals surface area contributed by atoms with Crippen molar-refractivity contribution in [1.82, 2.24) is 35.3 Å². The van der Waals surface area contributed by atoms with Crippen LogP contribution in [0.4, 0.5) is 6.01 Å². The summed E-state index contributed by atoms with van der Waals surface area (Å²) in [4.78, 5) is 11.6. The molecule has 1 saturated carbocycles. The van der Waals surface area contributed by atoms with E-state index in [1.165, 1.54) is 17.8 Å². The summed E-state index contributed by atoms with van der Waals surface area (Å²) in [7, 11) is 0. The SMILES string of the molecule is c1cc(-n2cnnn2)ccc1OCc1csc(C2CCN(c3nc(C4CC4)no3)CC2)n1. The third-order valence-electron chi connectivity index (χ3n) is 5.89. The maximum atomic E-state index is 5.91. The molecule has 164 valence electrons. The Morgan fingerprint density at radius 3 is 2.62 bits per heavy atom. The van der Waals surface area contributed by atoms with Gasteiger partial charge in [0.2, 0.25) is 0 Å². The highest BCUT2D eigenvalue weighted by atomic mass is 32.1. The van der Waals surface area contributed by atoms with Gasteiger partial charge in [-0.05, 0) is 60.4 Å². The van der Waals surface area contributed by atoms with Crippen molar-refractivity contribution in [2.45, 2.75) is 44.1 Å². The zero-order chi connectivity index (χ0) is 21.3. The van der Waals surface area contributed by atoms with E-state index in [1.54, 1.807) is 22.3 Å². The average molecular weight is 451 g/mol. The lowest BCUT2D eigenvalue weighted by molar-refractivity contribution is 0.301. The highest BCUT2D eigenvalue weighted by molar-refractivity contribution is 7.09. The summed E-state index contributed by atoms with van der Waals surface area (Å²) >= 11 is 1.72. The van der Waals surface area contributed by atoms with Gasteiger partial charge in [-0.3, -0.25) is 0 Å². The van der Waals surface area contributed by atoms with Crippen LogP contribution in [0.3, 0.4) is 0 Å². The number of aromatic nitrogens is 7. The molecule has 0 amide bonds. The van der Waals surface area contributed by atoms with Gasteiger partial charge < -0.3 is 14.2 Å². The first-order valence-electron chi connectivity index (χ1n) is 10.8. The van der Waals surface area contributed by atoms with Crippen LogP contribution in [-0.2, 0) is 6.61 Å². The number of rotatable bonds is 7. The lowest BCUT2D eigenvalue weighted by Crippen LogP contribution is -2.33. The van der Waals surface area contributed by atoms with E-state index in [2.05, 4.69) is 35.9 Å². The van der Waals surface area contributed by atoms with E-state index < -0.39 is 0 Å². The van der Waals surface area contributed by atoms with Crippen molar-refractivity contribution >= 4 is 17.4 Å². The van der Waals surface area contributed by atoms with Crippen molar-refractivity contribution in [1.29, 1.82) is 0 Å². The van der Waals surface area contributed by atoms with Gasteiger partial charge in [-0.2, -0.15) is 4.98 Å². The fraction of sp³-hybridized carbons (Fsp3) is 0.429. The van der Waals surface area contributed by atoms with Crippen LogP contribution in [0.5, 0.6) is 5.75 Å². The maximum absolute atomic E-state index is 5.91. The van der Waals surface area contributed by atoms with Crippen molar-refractivity contribution in [3.05, 3.63) is 52.5 Å². The van der Waals surface area contributed by atoms with E-state index in [4.69, 9.17) is 14.2 Å². The van der Waals surface area contributed by atoms with Crippen molar-refractivity contribution < 1.29 is 9.26 Å². The van der Waals surface area contributed by atoms with Gasteiger partial charge >= 0.3 is 6.01 Å². The van der Waals surface area contributed by atoms with E-state index >= 15 is 0 Å². The normalized spacial score (nSPS) is 17.1. The highest BCUT2D eigenvalue weighted by Crippen LogP contribution is 2.39. The van der Waals surface area contributed by atoms with Gasteiger partial charge in [0.1, 0.15) is 18.7 Å². The van der Waals surface area contributed by atoms with E-state index in [1.807, 2.05) is 24.3 Å². The van der Waals surface area contributed by atoms with Crippen LogP contribution in [0, 0.1) is 0 Å². The zero-order valence-corrected chi connectivity index (χ0v) is 18.2. The zero-order valence-electron chi connectivity index (χ0n) is 17.4. The largest absolute Gasteiger partial charge is 0.487 e. The summed E-state index contributed by atoms with van der Waals surface area (Å²) < 4.78 is 13.0. The second-order valence-electron chi connectivity index (χ2n) is 8.18. The molecule has 10 nitrogen and oxygen atoms in total. The summed E-state index contributed by atoms with van der Waals surface area (Å²) in [6, 6.07) is 8.33. The molecule has 0 bridgehead atoms. The predicted octanol–water partition coefficient (Wildman–Crippen LogP) is 3.34. The molecule has 2 aliphatic rings. The Morgan fingerprint density at radius 2 is 1.88 bits per heavy atom. The smallest absolute Gasteiger partial charge is 0.324 e. The minimum absolute atomic E-state index is 0.450. The van der Waals surface area contributed by atoms with Crippen LogP contribution >= 0.6 is 11.3 Å². The minimum Gasteiger partial charge on any atom is -0.487 e. The first-order valence-corrected chi connectivity index (χ1v) is 11.7. The summed E-state index contributed by atoms with van der Waals surface area (Å²) in [5.41, 5.74) is 1.84. The van der Waals surface area contributed by atoms with Gasteiger partial charge in [0.25, 0.3) is 0 Å². The Morgan fingerprint density at radius 1 is 1.03 bits per heavy atom. The lowest BCUT2D eigenvalue weighted by atomic mass is 9.98. The number of hydrogen-bond acceptors (Lipinski definition) is 10. The number of thiazole rings is 1. The summed E-state index contributed by atoms with van der Waals surface area (Å²) in [5, 5.41) is 18.6. The molecule has 11 heteroatoms. The first kappa shape index (κ1) is 19.4. The first-order chi connectivity index (χ1) is 15.8. The predicted molar refractivity (Wildman–Crippen MR) is 116 cm³/mol. The van der Waals surface area contributed by atoms with E-state index in [0.29, 0.717) is 24.5 Å². The molecule has 0 spiro atoms. The van der Waals surface area contributed by atoms with Crippen molar-refractivity contribution in [2.24, 2.45) is 0 Å². The maximum Gasteiger partial charge on any atom is 0.324 e. The molecule has 0 radical (unpaired) electrons. The summed E-state index contributed by atoms with van der Waals surface area (Å²) in [5.74, 6) is 2.64. The number of benzene rings is 1. The third kappa shape index (κ3) is 4.07. The van der Waals surface area contributed by atoms with Gasteiger partial charge in [-0.25, -0.2) is 9.67 Å². The molecule has 0 unspecified atom stereocenters. The van der Waals surface area contributed by atoms with Gasteiger partial charge in [0.05, 0.1) is 16.4 Å². The molecule has 4 aromatic rings. The van der Waals surface area contributed by atoms with Crippen LogP contribution < -0.4 is 9.64 Å². The van der Waals surface area contributed by atoms with Crippen molar-refractivity contribution in [3.63, 3.8) is 0 Å². The topological polar surface area (TPSA) is 108 Å². The summed E-state index contributed by atoms with van der Waals surface area (Å²) in [6.07, 6.45) is 6.00. The summed E-state index contributed by atoms with van der Waals surface area (Å²) in [6.45, 7) is 2.28. The molecule has 1 saturated heterocycles. The molecular weight excluding hydrogens is 428 g/mol. The minimum atomic E-state index is 0.450. The fourth-order valence-corrected chi connectivity index (χ4v) is 4.86. The molecule has 1 aromatic carbocycles. The monoisotopic (exact) mass is 450 g/mol.